The first kappa shape index (κ1) is 20.6. The topological polar surface area (TPSA) is 16.4 Å². The molecule has 0 radical (unpaired) electrons. The minimum atomic E-state index is 0.903. The second kappa shape index (κ2) is 7.95. The molecule has 0 spiro atoms. The number of nitrogens with zero attached hydrogens (tertiary/aromatic N) is 1. The molecule has 174 valence electrons. The lowest BCUT2D eigenvalue weighted by molar-refractivity contribution is 0.669. The van der Waals surface area contributed by atoms with E-state index < -0.39 is 0 Å². The first-order valence-corrected chi connectivity index (χ1v) is 13.3. The highest BCUT2D eigenvalue weighted by Crippen LogP contribution is 2.47. The molecule has 0 fully saturated rings. The Morgan fingerprint density at radius 3 is 1.92 bits per heavy atom. The fourth-order valence-corrected chi connectivity index (χ4v) is 6.97. The highest BCUT2D eigenvalue weighted by Gasteiger charge is 2.21. The van der Waals surface area contributed by atoms with Crippen molar-refractivity contribution in [3.05, 3.63) is 127 Å². The van der Waals surface area contributed by atoms with Gasteiger partial charge in [-0.25, -0.2) is 0 Å². The summed E-state index contributed by atoms with van der Waals surface area (Å²) in [5, 5.41) is 7.52. The van der Waals surface area contributed by atoms with Gasteiger partial charge in [0.05, 0.1) is 5.69 Å². The van der Waals surface area contributed by atoms with E-state index in [0.29, 0.717) is 0 Å². The number of benzene rings is 6. The van der Waals surface area contributed by atoms with Gasteiger partial charge in [0.25, 0.3) is 0 Å². The zero-order valence-electron chi connectivity index (χ0n) is 19.9. The minimum Gasteiger partial charge on any atom is -0.454 e. The molecule has 2 nitrogen and oxygen atoms in total. The van der Waals surface area contributed by atoms with Crippen molar-refractivity contribution >= 4 is 81.3 Å². The van der Waals surface area contributed by atoms with Gasteiger partial charge < -0.3 is 9.32 Å². The summed E-state index contributed by atoms with van der Waals surface area (Å²) in [4.78, 5) is 2.28. The van der Waals surface area contributed by atoms with Crippen LogP contribution in [0.5, 0.6) is 0 Å². The molecule has 8 rings (SSSR count). The first-order chi connectivity index (χ1) is 18.4. The van der Waals surface area contributed by atoms with E-state index >= 15 is 0 Å². The molecular formula is C34H21NOS. The number of fused-ring (bicyclic) bond motifs is 9. The van der Waals surface area contributed by atoms with Crippen LogP contribution in [0, 0.1) is 0 Å². The molecule has 2 aromatic heterocycles. The normalized spacial score (nSPS) is 11.8. The lowest BCUT2D eigenvalue weighted by Crippen LogP contribution is -2.09. The van der Waals surface area contributed by atoms with Crippen LogP contribution in [0.4, 0.5) is 17.1 Å². The third-order valence-electron chi connectivity index (χ3n) is 7.24. The second-order valence-corrected chi connectivity index (χ2v) is 10.4. The van der Waals surface area contributed by atoms with Crippen LogP contribution < -0.4 is 4.90 Å². The van der Waals surface area contributed by atoms with E-state index in [1.165, 1.54) is 36.3 Å². The zero-order valence-corrected chi connectivity index (χ0v) is 20.7. The highest BCUT2D eigenvalue weighted by molar-refractivity contribution is 7.27. The van der Waals surface area contributed by atoms with Gasteiger partial charge in [-0.2, -0.15) is 0 Å². The Balaban J connectivity index is 1.46. The van der Waals surface area contributed by atoms with Crippen LogP contribution in [0.2, 0.25) is 0 Å². The highest BCUT2D eigenvalue weighted by atomic mass is 32.1. The maximum atomic E-state index is 6.66. The summed E-state index contributed by atoms with van der Waals surface area (Å²) in [5.74, 6) is 0. The van der Waals surface area contributed by atoms with Crippen molar-refractivity contribution in [3.63, 3.8) is 0 Å². The number of hydrogen-bond acceptors (Lipinski definition) is 3. The maximum Gasteiger partial charge on any atom is 0.159 e. The largest absolute Gasteiger partial charge is 0.454 e. The van der Waals surface area contributed by atoms with Gasteiger partial charge >= 0.3 is 0 Å². The fraction of sp³-hybridized carbons (Fsp3) is 0. The standard InChI is InChI=1S/C34H21NOS/c1-3-11-23(12-4-1)35(24-13-5-2-6-14-24)29-17-9-16-28-31-30(36-32(28)29)21-20-27-26-19-18-22-10-7-8-15-25(22)33(26)37-34(27)31/h1-21H. The number of para-hydroxylation sites is 3. The molecule has 0 aliphatic heterocycles. The molecule has 0 N–H and O–H groups in total. The molecule has 0 bridgehead atoms. The molecule has 3 heteroatoms. The van der Waals surface area contributed by atoms with Gasteiger partial charge in [0.15, 0.2) is 5.58 Å². The van der Waals surface area contributed by atoms with Crippen LogP contribution in [0.25, 0.3) is 52.9 Å². The van der Waals surface area contributed by atoms with Crippen LogP contribution in [-0.2, 0) is 0 Å². The number of anilines is 3. The fourth-order valence-electron chi connectivity index (χ4n) is 5.59. The number of rotatable bonds is 3. The van der Waals surface area contributed by atoms with Crippen LogP contribution >= 0.6 is 11.3 Å². The predicted molar refractivity (Wildman–Crippen MR) is 159 cm³/mol. The zero-order chi connectivity index (χ0) is 24.3. The summed E-state index contributed by atoms with van der Waals surface area (Å²) in [7, 11) is 0. The van der Waals surface area contributed by atoms with Crippen molar-refractivity contribution in [1.29, 1.82) is 0 Å². The third kappa shape index (κ3) is 3.05. The predicted octanol–water partition coefficient (Wildman–Crippen LogP) is 10.6. The lowest BCUT2D eigenvalue weighted by Gasteiger charge is -2.25. The Labute approximate surface area is 217 Å². The quantitative estimate of drug-likeness (QED) is 0.244. The molecule has 0 aliphatic carbocycles. The Morgan fingerprint density at radius 2 is 1.14 bits per heavy atom. The summed E-state index contributed by atoms with van der Waals surface area (Å²) in [6, 6.07) is 45.0. The van der Waals surface area contributed by atoms with Crippen molar-refractivity contribution in [2.75, 3.05) is 4.90 Å². The molecule has 37 heavy (non-hydrogen) atoms. The van der Waals surface area contributed by atoms with Gasteiger partial charge in [0, 0.05) is 42.3 Å². The smallest absolute Gasteiger partial charge is 0.159 e. The van der Waals surface area contributed by atoms with Crippen LogP contribution in [-0.4, -0.2) is 0 Å². The summed E-state index contributed by atoms with van der Waals surface area (Å²) in [6.07, 6.45) is 0. The number of furan rings is 1. The number of thiophene rings is 1. The minimum absolute atomic E-state index is 0.903. The van der Waals surface area contributed by atoms with E-state index in [4.69, 9.17) is 4.42 Å². The molecule has 0 unspecified atom stereocenters. The van der Waals surface area contributed by atoms with Crippen LogP contribution in [0.1, 0.15) is 0 Å². The Bertz CT molecular complexity index is 2050. The Morgan fingerprint density at radius 1 is 0.486 bits per heavy atom. The van der Waals surface area contributed by atoms with E-state index in [2.05, 4.69) is 132 Å². The van der Waals surface area contributed by atoms with E-state index in [1.54, 1.807) is 0 Å². The lowest BCUT2D eigenvalue weighted by atomic mass is 10.0. The molecule has 2 heterocycles. The molecule has 0 atom stereocenters. The van der Waals surface area contributed by atoms with Gasteiger partial charge in [-0.3, -0.25) is 0 Å². The summed E-state index contributed by atoms with van der Waals surface area (Å²) < 4.78 is 9.28. The monoisotopic (exact) mass is 491 g/mol. The van der Waals surface area contributed by atoms with Crippen molar-refractivity contribution in [3.8, 4) is 0 Å². The van der Waals surface area contributed by atoms with Crippen LogP contribution in [0.3, 0.4) is 0 Å². The van der Waals surface area contributed by atoms with E-state index in [1.807, 2.05) is 11.3 Å². The number of hydrogen-bond donors (Lipinski definition) is 0. The summed E-state index contributed by atoms with van der Waals surface area (Å²) >= 11 is 1.87. The van der Waals surface area contributed by atoms with Crippen molar-refractivity contribution in [2.24, 2.45) is 0 Å². The second-order valence-electron chi connectivity index (χ2n) is 9.34. The van der Waals surface area contributed by atoms with Gasteiger partial charge in [-0.15, -0.1) is 11.3 Å². The van der Waals surface area contributed by atoms with E-state index in [9.17, 15) is 0 Å². The summed E-state index contributed by atoms with van der Waals surface area (Å²) in [5.41, 5.74) is 5.05. The van der Waals surface area contributed by atoms with Gasteiger partial charge in [0.2, 0.25) is 0 Å². The van der Waals surface area contributed by atoms with Crippen molar-refractivity contribution < 1.29 is 4.42 Å². The van der Waals surface area contributed by atoms with Crippen molar-refractivity contribution in [1.82, 2.24) is 0 Å². The average Bonchev–Trinajstić information content (AvgIpc) is 3.53. The van der Waals surface area contributed by atoms with E-state index in [0.717, 1.165) is 33.6 Å². The summed E-state index contributed by atoms with van der Waals surface area (Å²) in [6.45, 7) is 0. The maximum absolute atomic E-state index is 6.66. The van der Waals surface area contributed by atoms with Crippen molar-refractivity contribution in [2.45, 2.75) is 0 Å². The molecule has 8 aromatic rings. The molecular weight excluding hydrogens is 470 g/mol. The van der Waals surface area contributed by atoms with Gasteiger partial charge in [-0.05, 0) is 53.2 Å². The Kier molecular flexibility index (Phi) is 4.42. The molecule has 0 amide bonds. The van der Waals surface area contributed by atoms with Crippen LogP contribution in [0.15, 0.2) is 132 Å². The third-order valence-corrected chi connectivity index (χ3v) is 8.51. The average molecular weight is 492 g/mol. The molecule has 0 saturated heterocycles. The molecule has 6 aromatic carbocycles. The first-order valence-electron chi connectivity index (χ1n) is 12.5. The van der Waals surface area contributed by atoms with Gasteiger partial charge in [0.1, 0.15) is 5.58 Å². The molecule has 0 saturated carbocycles. The SMILES string of the molecule is c1ccc(N(c2ccccc2)c2cccc3c2oc2ccc4c5ccc6ccccc6c5sc4c23)cc1. The van der Waals surface area contributed by atoms with Gasteiger partial charge in [-0.1, -0.05) is 84.9 Å². The molecule has 0 aliphatic rings. The van der Waals surface area contributed by atoms with E-state index in [-0.39, 0.29) is 0 Å². The Hall–Kier alpha value is -4.60.